The fourth-order valence-corrected chi connectivity index (χ4v) is 1.42. The number of hydrogen-bond donors (Lipinski definition) is 2. The van der Waals surface area contributed by atoms with Gasteiger partial charge in [-0.3, -0.25) is 0 Å². The lowest BCUT2D eigenvalue weighted by Crippen LogP contribution is -2.24. The van der Waals surface area contributed by atoms with E-state index in [-0.39, 0.29) is 26.4 Å². The average molecular weight is 346 g/mol. The van der Waals surface area contributed by atoms with Gasteiger partial charge in [0.25, 0.3) is 0 Å². The van der Waals surface area contributed by atoms with Gasteiger partial charge in [-0.15, -0.1) is 0 Å². The van der Waals surface area contributed by atoms with E-state index in [2.05, 4.69) is 22.6 Å². The van der Waals surface area contributed by atoms with Crippen molar-refractivity contribution >= 4 is 11.9 Å². The van der Waals surface area contributed by atoms with Crippen molar-refractivity contribution in [2.24, 2.45) is 0 Å². The van der Waals surface area contributed by atoms with E-state index in [0.29, 0.717) is 26.1 Å². The normalized spacial score (nSPS) is 12.9. The Bertz CT molecular complexity index is 346. The molecule has 2 N–H and O–H groups in total. The fourth-order valence-electron chi connectivity index (χ4n) is 1.42. The number of aliphatic hydroxyl groups is 2. The van der Waals surface area contributed by atoms with Crippen LogP contribution in [0.15, 0.2) is 25.3 Å². The van der Waals surface area contributed by atoms with E-state index in [1.165, 1.54) is 0 Å². The van der Waals surface area contributed by atoms with Gasteiger partial charge in [0.1, 0.15) is 25.4 Å². The quantitative estimate of drug-likeness (QED) is 0.242. The summed E-state index contributed by atoms with van der Waals surface area (Å²) in [6.07, 6.45) is 1.71. The summed E-state index contributed by atoms with van der Waals surface area (Å²) in [5.74, 6) is -1.18. The highest BCUT2D eigenvalue weighted by Crippen LogP contribution is 1.96. The highest BCUT2D eigenvalue weighted by molar-refractivity contribution is 5.81. The molecule has 0 aromatic carbocycles. The second-order valence-electron chi connectivity index (χ2n) is 4.83. The zero-order valence-electron chi connectivity index (χ0n) is 13.7. The molecule has 24 heavy (non-hydrogen) atoms. The van der Waals surface area contributed by atoms with Crippen LogP contribution in [0.5, 0.6) is 0 Å². The van der Waals surface area contributed by atoms with E-state index in [0.717, 1.165) is 12.2 Å². The molecule has 0 heterocycles. The molecular formula is C16H26O8. The molecule has 8 nitrogen and oxygen atoms in total. The van der Waals surface area contributed by atoms with Crippen LogP contribution in [-0.4, -0.2) is 74.0 Å². The van der Waals surface area contributed by atoms with Crippen molar-refractivity contribution < 1.29 is 38.7 Å². The first-order chi connectivity index (χ1) is 11.5. The largest absolute Gasteiger partial charge is 0.460 e. The van der Waals surface area contributed by atoms with Crippen molar-refractivity contribution in [2.75, 3.05) is 39.6 Å². The van der Waals surface area contributed by atoms with Gasteiger partial charge < -0.3 is 29.2 Å². The van der Waals surface area contributed by atoms with E-state index >= 15 is 0 Å². The van der Waals surface area contributed by atoms with Crippen LogP contribution in [0.2, 0.25) is 0 Å². The third-order valence-electron chi connectivity index (χ3n) is 2.62. The topological polar surface area (TPSA) is 112 Å². The summed E-state index contributed by atoms with van der Waals surface area (Å²) in [7, 11) is 0. The van der Waals surface area contributed by atoms with Gasteiger partial charge in [-0.2, -0.15) is 0 Å². The van der Waals surface area contributed by atoms with E-state index < -0.39 is 24.1 Å². The number of unbranched alkanes of at least 4 members (excludes halogenated alkanes) is 1. The zero-order valence-corrected chi connectivity index (χ0v) is 13.7. The van der Waals surface area contributed by atoms with E-state index in [9.17, 15) is 19.8 Å². The van der Waals surface area contributed by atoms with Gasteiger partial charge in [0.05, 0.1) is 13.2 Å². The Balaban J connectivity index is 3.38. The molecule has 0 aromatic rings. The summed E-state index contributed by atoms with van der Waals surface area (Å²) in [5.41, 5.74) is 0. The lowest BCUT2D eigenvalue weighted by Gasteiger charge is -2.12. The van der Waals surface area contributed by atoms with Crippen LogP contribution in [0.25, 0.3) is 0 Å². The molecular weight excluding hydrogens is 320 g/mol. The summed E-state index contributed by atoms with van der Waals surface area (Å²) in [4.78, 5) is 21.6. The van der Waals surface area contributed by atoms with Crippen LogP contribution in [0.1, 0.15) is 12.8 Å². The predicted molar refractivity (Wildman–Crippen MR) is 85.2 cm³/mol. The molecule has 0 rings (SSSR count). The lowest BCUT2D eigenvalue weighted by atomic mass is 10.3. The Morgan fingerprint density at radius 3 is 1.50 bits per heavy atom. The van der Waals surface area contributed by atoms with Crippen molar-refractivity contribution in [3.05, 3.63) is 25.3 Å². The van der Waals surface area contributed by atoms with E-state index in [1.54, 1.807) is 0 Å². The first-order valence-electron chi connectivity index (χ1n) is 7.59. The standard InChI is InChI=1S/C16H26O8/c1-3-15(19)23-11-13(17)9-21-7-5-6-8-22-10-14(18)12-24-16(20)4-2/h3-4,13-14,17-18H,1-2,5-12H2/t13-,14-/m0/s1. The highest BCUT2D eigenvalue weighted by Gasteiger charge is 2.08. The van der Waals surface area contributed by atoms with E-state index in [4.69, 9.17) is 9.47 Å². The second-order valence-corrected chi connectivity index (χ2v) is 4.83. The molecule has 0 aliphatic rings. The molecule has 138 valence electrons. The summed E-state index contributed by atoms with van der Waals surface area (Å²) in [5, 5.41) is 18.9. The lowest BCUT2D eigenvalue weighted by molar-refractivity contribution is -0.142. The van der Waals surface area contributed by atoms with Crippen molar-refractivity contribution in [1.82, 2.24) is 0 Å². The van der Waals surface area contributed by atoms with Crippen molar-refractivity contribution in [2.45, 2.75) is 25.0 Å². The Hall–Kier alpha value is -1.74. The number of aliphatic hydroxyl groups excluding tert-OH is 2. The van der Waals surface area contributed by atoms with Gasteiger partial charge in [0.2, 0.25) is 0 Å². The maximum absolute atomic E-state index is 10.8. The molecule has 0 saturated heterocycles. The zero-order chi connectivity index (χ0) is 18.2. The Labute approximate surface area is 141 Å². The molecule has 0 bridgehead atoms. The van der Waals surface area contributed by atoms with Gasteiger partial charge in [-0.25, -0.2) is 9.59 Å². The minimum atomic E-state index is -0.876. The monoisotopic (exact) mass is 346 g/mol. The van der Waals surface area contributed by atoms with Crippen molar-refractivity contribution in [3.8, 4) is 0 Å². The molecule has 8 heteroatoms. The average Bonchev–Trinajstić information content (AvgIpc) is 2.59. The molecule has 0 fully saturated rings. The molecule has 0 spiro atoms. The number of carbonyl (C=O) groups excluding carboxylic acids is 2. The summed E-state index contributed by atoms with van der Waals surface area (Å²) < 4.78 is 19.8. The molecule has 2 atom stereocenters. The third-order valence-corrected chi connectivity index (χ3v) is 2.62. The molecule has 0 saturated carbocycles. The van der Waals surface area contributed by atoms with Crippen LogP contribution < -0.4 is 0 Å². The number of ether oxygens (including phenoxy) is 4. The smallest absolute Gasteiger partial charge is 0.330 e. The minimum absolute atomic E-state index is 0.0681. The van der Waals surface area contributed by atoms with Crippen LogP contribution in [-0.2, 0) is 28.5 Å². The Kier molecular flexibility index (Phi) is 13.8. The third kappa shape index (κ3) is 13.9. The second kappa shape index (κ2) is 14.8. The SMILES string of the molecule is C=CC(=O)OC[C@@H](O)COCCCCOC[C@H](O)COC(=O)C=C. The minimum Gasteiger partial charge on any atom is -0.460 e. The molecule has 0 unspecified atom stereocenters. The maximum atomic E-state index is 10.8. The van der Waals surface area contributed by atoms with Gasteiger partial charge in [0.15, 0.2) is 0 Å². The highest BCUT2D eigenvalue weighted by atomic mass is 16.6. The summed E-state index contributed by atoms with van der Waals surface area (Å²) in [6, 6.07) is 0. The summed E-state index contributed by atoms with van der Waals surface area (Å²) >= 11 is 0. The first kappa shape index (κ1) is 22.3. The molecule has 0 aliphatic carbocycles. The predicted octanol–water partition coefficient (Wildman–Crippen LogP) is -0.0200. The molecule has 0 aliphatic heterocycles. The van der Waals surface area contributed by atoms with Crippen LogP contribution in [0, 0.1) is 0 Å². The first-order valence-corrected chi connectivity index (χ1v) is 7.59. The van der Waals surface area contributed by atoms with E-state index in [1.807, 2.05) is 0 Å². The van der Waals surface area contributed by atoms with Crippen LogP contribution in [0.4, 0.5) is 0 Å². The fraction of sp³-hybridized carbons (Fsp3) is 0.625. The van der Waals surface area contributed by atoms with Gasteiger partial charge >= 0.3 is 11.9 Å². The van der Waals surface area contributed by atoms with Crippen LogP contribution >= 0.6 is 0 Å². The number of carbonyl (C=O) groups is 2. The van der Waals surface area contributed by atoms with Crippen LogP contribution in [0.3, 0.4) is 0 Å². The Morgan fingerprint density at radius 2 is 1.17 bits per heavy atom. The number of rotatable bonds is 15. The molecule has 0 aromatic heterocycles. The number of hydrogen-bond acceptors (Lipinski definition) is 8. The van der Waals surface area contributed by atoms with Crippen molar-refractivity contribution in [3.63, 3.8) is 0 Å². The molecule has 0 amide bonds. The summed E-state index contributed by atoms with van der Waals surface area (Å²) in [6.45, 7) is 7.20. The molecule has 0 radical (unpaired) electrons. The van der Waals surface area contributed by atoms with Crippen molar-refractivity contribution in [1.29, 1.82) is 0 Å². The van der Waals surface area contributed by atoms with Gasteiger partial charge in [-0.05, 0) is 12.8 Å². The van der Waals surface area contributed by atoms with Gasteiger partial charge in [0, 0.05) is 25.4 Å². The maximum Gasteiger partial charge on any atom is 0.330 e. The number of esters is 2. The Morgan fingerprint density at radius 1 is 0.792 bits per heavy atom. The van der Waals surface area contributed by atoms with Gasteiger partial charge in [-0.1, -0.05) is 13.2 Å².